The Morgan fingerprint density at radius 1 is 1.11 bits per heavy atom. The summed E-state index contributed by atoms with van der Waals surface area (Å²) in [5, 5.41) is 3.15. The molecule has 0 unspecified atom stereocenters. The molecule has 2 amide bonds. The fourth-order valence-corrected chi connectivity index (χ4v) is 3.57. The zero-order valence-corrected chi connectivity index (χ0v) is 16.8. The summed E-state index contributed by atoms with van der Waals surface area (Å²) in [4.78, 5) is 26.3. The lowest BCUT2D eigenvalue weighted by molar-refractivity contribution is -0.121. The Kier molecular flexibility index (Phi) is 6.34. The normalized spacial score (nSPS) is 15.0. The molecule has 0 bridgehead atoms. The SMILES string of the molecule is COc1ccc([C@@H](NC(=O)Cc2ccc(N3CCCC3=O)cc2)C(C)C)cc1. The van der Waals surface area contributed by atoms with E-state index in [9.17, 15) is 9.59 Å². The highest BCUT2D eigenvalue weighted by atomic mass is 16.5. The first-order chi connectivity index (χ1) is 13.5. The zero-order valence-electron chi connectivity index (χ0n) is 16.8. The third kappa shape index (κ3) is 4.71. The number of anilines is 1. The fraction of sp³-hybridized carbons (Fsp3) is 0.391. The Balaban J connectivity index is 1.63. The smallest absolute Gasteiger partial charge is 0.227 e. The molecule has 1 aliphatic heterocycles. The van der Waals surface area contributed by atoms with E-state index in [2.05, 4.69) is 19.2 Å². The van der Waals surface area contributed by atoms with Crippen molar-refractivity contribution in [1.29, 1.82) is 0 Å². The van der Waals surface area contributed by atoms with Crippen LogP contribution in [0.4, 0.5) is 5.69 Å². The standard InChI is InChI=1S/C23H28N2O3/c1-16(2)23(18-8-12-20(28-3)13-9-18)24-21(26)15-17-6-10-19(11-7-17)25-14-4-5-22(25)27/h6-13,16,23H,4-5,14-15H2,1-3H3,(H,24,26)/t23-/m0/s1. The molecule has 1 atom stereocenters. The van der Waals surface area contributed by atoms with Crippen molar-refractivity contribution in [2.45, 2.75) is 39.2 Å². The molecule has 0 aromatic heterocycles. The summed E-state index contributed by atoms with van der Waals surface area (Å²) in [5.41, 5.74) is 2.90. The van der Waals surface area contributed by atoms with Crippen LogP contribution < -0.4 is 15.0 Å². The highest BCUT2D eigenvalue weighted by molar-refractivity contribution is 5.95. The average molecular weight is 380 g/mol. The monoisotopic (exact) mass is 380 g/mol. The third-order valence-corrected chi connectivity index (χ3v) is 5.14. The number of rotatable bonds is 7. The van der Waals surface area contributed by atoms with Gasteiger partial charge in [0.1, 0.15) is 5.75 Å². The van der Waals surface area contributed by atoms with Gasteiger partial charge in [-0.2, -0.15) is 0 Å². The van der Waals surface area contributed by atoms with Gasteiger partial charge in [0.05, 0.1) is 19.6 Å². The molecule has 28 heavy (non-hydrogen) atoms. The van der Waals surface area contributed by atoms with Crippen LogP contribution in [-0.4, -0.2) is 25.5 Å². The van der Waals surface area contributed by atoms with Crippen molar-refractivity contribution < 1.29 is 14.3 Å². The maximum atomic E-state index is 12.6. The summed E-state index contributed by atoms with van der Waals surface area (Å²) in [7, 11) is 1.64. The van der Waals surface area contributed by atoms with Crippen molar-refractivity contribution in [3.8, 4) is 5.75 Å². The van der Waals surface area contributed by atoms with E-state index in [4.69, 9.17) is 4.74 Å². The predicted molar refractivity (Wildman–Crippen MR) is 110 cm³/mol. The molecule has 0 aliphatic carbocycles. The maximum Gasteiger partial charge on any atom is 0.227 e. The van der Waals surface area contributed by atoms with Crippen molar-refractivity contribution in [3.05, 3.63) is 59.7 Å². The van der Waals surface area contributed by atoms with Crippen molar-refractivity contribution in [3.63, 3.8) is 0 Å². The molecule has 0 spiro atoms. The number of carbonyl (C=O) groups excluding carboxylic acids is 2. The summed E-state index contributed by atoms with van der Waals surface area (Å²) < 4.78 is 5.21. The number of nitrogens with one attached hydrogen (secondary N) is 1. The molecule has 1 heterocycles. The zero-order chi connectivity index (χ0) is 20.1. The van der Waals surface area contributed by atoms with E-state index in [1.807, 2.05) is 53.4 Å². The first-order valence-electron chi connectivity index (χ1n) is 9.80. The summed E-state index contributed by atoms with van der Waals surface area (Å²) >= 11 is 0. The Bertz CT molecular complexity index is 813. The predicted octanol–water partition coefficient (Wildman–Crippen LogP) is 3.88. The van der Waals surface area contributed by atoms with E-state index in [1.54, 1.807) is 7.11 Å². The molecule has 5 heteroatoms. The van der Waals surface area contributed by atoms with Crippen LogP contribution in [0.3, 0.4) is 0 Å². The van der Waals surface area contributed by atoms with Crippen LogP contribution in [-0.2, 0) is 16.0 Å². The van der Waals surface area contributed by atoms with Crippen LogP contribution in [0.2, 0.25) is 0 Å². The highest BCUT2D eigenvalue weighted by Crippen LogP contribution is 2.25. The van der Waals surface area contributed by atoms with Crippen molar-refractivity contribution >= 4 is 17.5 Å². The van der Waals surface area contributed by atoms with E-state index >= 15 is 0 Å². The van der Waals surface area contributed by atoms with Gasteiger partial charge in [0.25, 0.3) is 0 Å². The summed E-state index contributed by atoms with van der Waals surface area (Å²) in [5.74, 6) is 1.22. The second-order valence-electron chi connectivity index (χ2n) is 7.55. The van der Waals surface area contributed by atoms with Gasteiger partial charge in [-0.3, -0.25) is 9.59 Å². The number of amides is 2. The first kappa shape index (κ1) is 19.9. The van der Waals surface area contributed by atoms with Gasteiger partial charge in [-0.1, -0.05) is 38.1 Å². The Morgan fingerprint density at radius 3 is 2.32 bits per heavy atom. The molecule has 148 valence electrons. The van der Waals surface area contributed by atoms with E-state index in [0.29, 0.717) is 12.8 Å². The van der Waals surface area contributed by atoms with Gasteiger partial charge in [0, 0.05) is 18.7 Å². The Labute approximate surface area is 166 Å². The molecule has 1 N–H and O–H groups in total. The molecule has 1 fully saturated rings. The molecule has 1 aliphatic rings. The second kappa shape index (κ2) is 8.91. The molecule has 0 saturated carbocycles. The van der Waals surface area contributed by atoms with Crippen molar-refractivity contribution in [1.82, 2.24) is 5.32 Å². The molecular weight excluding hydrogens is 352 g/mol. The number of ether oxygens (including phenoxy) is 1. The molecule has 5 nitrogen and oxygen atoms in total. The minimum Gasteiger partial charge on any atom is -0.497 e. The number of hydrogen-bond donors (Lipinski definition) is 1. The number of methoxy groups -OCH3 is 1. The van der Waals surface area contributed by atoms with Crippen molar-refractivity contribution in [2.75, 3.05) is 18.6 Å². The molecule has 2 aromatic rings. The lowest BCUT2D eigenvalue weighted by Crippen LogP contribution is -2.32. The van der Waals surface area contributed by atoms with Gasteiger partial charge in [0.2, 0.25) is 11.8 Å². The number of benzene rings is 2. The molecule has 3 rings (SSSR count). The van der Waals surface area contributed by atoms with Crippen LogP contribution in [0, 0.1) is 5.92 Å². The van der Waals surface area contributed by atoms with Gasteiger partial charge < -0.3 is 15.0 Å². The topological polar surface area (TPSA) is 58.6 Å². The van der Waals surface area contributed by atoms with Gasteiger partial charge in [-0.25, -0.2) is 0 Å². The molecule has 2 aromatic carbocycles. The van der Waals surface area contributed by atoms with Gasteiger partial charge in [-0.15, -0.1) is 0 Å². The number of hydrogen-bond acceptors (Lipinski definition) is 3. The lowest BCUT2D eigenvalue weighted by atomic mass is 9.95. The maximum absolute atomic E-state index is 12.6. The summed E-state index contributed by atoms with van der Waals surface area (Å²) in [6, 6.07) is 15.5. The number of nitrogens with zero attached hydrogens (tertiary/aromatic N) is 1. The Hall–Kier alpha value is -2.82. The van der Waals surface area contributed by atoms with Gasteiger partial charge in [-0.05, 0) is 47.7 Å². The Morgan fingerprint density at radius 2 is 1.79 bits per heavy atom. The third-order valence-electron chi connectivity index (χ3n) is 5.14. The summed E-state index contributed by atoms with van der Waals surface area (Å²) in [6.07, 6.45) is 1.84. The van der Waals surface area contributed by atoms with E-state index in [-0.39, 0.29) is 23.8 Å². The van der Waals surface area contributed by atoms with Crippen LogP contribution in [0.5, 0.6) is 5.75 Å². The lowest BCUT2D eigenvalue weighted by Gasteiger charge is -2.23. The second-order valence-corrected chi connectivity index (χ2v) is 7.55. The minimum atomic E-state index is -0.0556. The first-order valence-corrected chi connectivity index (χ1v) is 9.80. The van der Waals surface area contributed by atoms with Gasteiger partial charge >= 0.3 is 0 Å². The largest absolute Gasteiger partial charge is 0.497 e. The van der Waals surface area contributed by atoms with Crippen LogP contribution in [0.1, 0.15) is 43.9 Å². The highest BCUT2D eigenvalue weighted by Gasteiger charge is 2.22. The number of carbonyl (C=O) groups is 2. The quantitative estimate of drug-likeness (QED) is 0.793. The average Bonchev–Trinajstić information content (AvgIpc) is 3.12. The van der Waals surface area contributed by atoms with Crippen LogP contribution in [0.15, 0.2) is 48.5 Å². The van der Waals surface area contributed by atoms with E-state index in [1.165, 1.54) is 0 Å². The fourth-order valence-electron chi connectivity index (χ4n) is 3.57. The summed E-state index contributed by atoms with van der Waals surface area (Å²) in [6.45, 7) is 4.96. The molecule has 1 saturated heterocycles. The van der Waals surface area contributed by atoms with E-state index < -0.39 is 0 Å². The van der Waals surface area contributed by atoms with E-state index in [0.717, 1.165) is 35.5 Å². The molecular formula is C23H28N2O3. The van der Waals surface area contributed by atoms with Crippen LogP contribution >= 0.6 is 0 Å². The minimum absolute atomic E-state index is 0.0143. The molecule has 0 radical (unpaired) electrons. The van der Waals surface area contributed by atoms with Crippen LogP contribution in [0.25, 0.3) is 0 Å². The van der Waals surface area contributed by atoms with Crippen molar-refractivity contribution in [2.24, 2.45) is 5.92 Å². The van der Waals surface area contributed by atoms with Gasteiger partial charge in [0.15, 0.2) is 0 Å².